The van der Waals surface area contributed by atoms with E-state index in [2.05, 4.69) is 6.92 Å². The molecule has 1 atom stereocenters. The number of rotatable bonds is 19. The summed E-state index contributed by atoms with van der Waals surface area (Å²) in [5, 5.41) is 0. The lowest BCUT2D eigenvalue weighted by atomic mass is 10.1. The van der Waals surface area contributed by atoms with Crippen LogP contribution in [0.3, 0.4) is 0 Å². The minimum absolute atomic E-state index is 0.198. The molecule has 0 aliphatic carbocycles. The Morgan fingerprint density at radius 2 is 1.19 bits per heavy atom. The molecule has 0 radical (unpaired) electrons. The Labute approximate surface area is 166 Å². The monoisotopic (exact) mass is 386 g/mol. The van der Waals surface area contributed by atoms with Crippen molar-refractivity contribution in [3.05, 3.63) is 0 Å². The molecule has 160 valence electrons. The Bertz CT molecular complexity index is 357. The number of carbonyl (C=O) groups excluding carboxylic acids is 2. The largest absolute Gasteiger partial charge is 0.464 e. The van der Waals surface area contributed by atoms with Gasteiger partial charge in [0, 0.05) is 0 Å². The van der Waals surface area contributed by atoms with E-state index in [4.69, 9.17) is 14.2 Å². The summed E-state index contributed by atoms with van der Waals surface area (Å²) in [6.07, 6.45) is 14.9. The van der Waals surface area contributed by atoms with Gasteiger partial charge in [-0.1, -0.05) is 91.4 Å². The topological polar surface area (TPSA) is 61.8 Å². The SMILES string of the molecule is CCCCCCCCCCCCCOC(=O)COCC(=O)OCC(C)CC. The Balaban J connectivity index is 3.31. The maximum atomic E-state index is 11.5. The van der Waals surface area contributed by atoms with Crippen LogP contribution in [0.1, 0.15) is 97.8 Å². The van der Waals surface area contributed by atoms with Gasteiger partial charge in [0.2, 0.25) is 0 Å². The second kappa shape index (κ2) is 19.7. The standard InChI is InChI=1S/C22H42O5/c1-4-6-7-8-9-10-11-12-13-14-15-16-26-21(23)18-25-19-22(24)27-17-20(3)5-2/h20H,4-19H2,1-3H3. The first kappa shape index (κ1) is 25.9. The Kier molecular flexibility index (Phi) is 18.9. The molecule has 0 aromatic heterocycles. The maximum absolute atomic E-state index is 11.5. The molecule has 0 rings (SSSR count). The zero-order chi connectivity index (χ0) is 20.2. The summed E-state index contributed by atoms with van der Waals surface area (Å²) in [7, 11) is 0. The molecular formula is C22H42O5. The molecule has 0 heterocycles. The van der Waals surface area contributed by atoms with Crippen LogP contribution >= 0.6 is 0 Å². The third-order valence-electron chi connectivity index (χ3n) is 4.68. The second-order valence-corrected chi connectivity index (χ2v) is 7.45. The summed E-state index contributed by atoms with van der Waals surface area (Å²) < 4.78 is 15.2. The van der Waals surface area contributed by atoms with Gasteiger partial charge in [0.15, 0.2) is 0 Å². The van der Waals surface area contributed by atoms with E-state index in [0.717, 1.165) is 19.3 Å². The molecule has 27 heavy (non-hydrogen) atoms. The van der Waals surface area contributed by atoms with E-state index in [1.54, 1.807) is 0 Å². The van der Waals surface area contributed by atoms with Crippen LogP contribution in [-0.2, 0) is 23.8 Å². The number of carbonyl (C=O) groups is 2. The van der Waals surface area contributed by atoms with Gasteiger partial charge >= 0.3 is 11.9 Å². The molecule has 0 saturated heterocycles. The summed E-state index contributed by atoms with van der Waals surface area (Å²) >= 11 is 0. The van der Waals surface area contributed by atoms with Crippen LogP contribution in [0, 0.1) is 5.92 Å². The lowest BCUT2D eigenvalue weighted by Gasteiger charge is -2.09. The van der Waals surface area contributed by atoms with Gasteiger partial charge in [0.05, 0.1) is 13.2 Å². The predicted molar refractivity (Wildman–Crippen MR) is 109 cm³/mol. The van der Waals surface area contributed by atoms with E-state index in [-0.39, 0.29) is 13.2 Å². The molecule has 0 N–H and O–H groups in total. The molecule has 0 amide bonds. The summed E-state index contributed by atoms with van der Waals surface area (Å²) in [5.41, 5.74) is 0. The summed E-state index contributed by atoms with van der Waals surface area (Å²) in [6, 6.07) is 0. The zero-order valence-corrected chi connectivity index (χ0v) is 17.9. The van der Waals surface area contributed by atoms with E-state index in [1.807, 2.05) is 13.8 Å². The fourth-order valence-electron chi connectivity index (χ4n) is 2.61. The van der Waals surface area contributed by atoms with E-state index < -0.39 is 11.9 Å². The van der Waals surface area contributed by atoms with Gasteiger partial charge in [-0.25, -0.2) is 9.59 Å². The van der Waals surface area contributed by atoms with E-state index in [9.17, 15) is 9.59 Å². The Morgan fingerprint density at radius 3 is 1.70 bits per heavy atom. The number of unbranched alkanes of at least 4 members (excludes halogenated alkanes) is 10. The molecule has 0 spiro atoms. The summed E-state index contributed by atoms with van der Waals surface area (Å²) in [4.78, 5) is 22.9. The van der Waals surface area contributed by atoms with Gasteiger partial charge < -0.3 is 14.2 Å². The first-order valence-electron chi connectivity index (χ1n) is 11.0. The highest BCUT2D eigenvalue weighted by atomic mass is 16.6. The number of ether oxygens (including phenoxy) is 3. The highest BCUT2D eigenvalue weighted by Crippen LogP contribution is 2.11. The maximum Gasteiger partial charge on any atom is 0.332 e. The Hall–Kier alpha value is -1.10. The van der Waals surface area contributed by atoms with Gasteiger partial charge in [-0.3, -0.25) is 0 Å². The van der Waals surface area contributed by atoms with Crippen LogP contribution < -0.4 is 0 Å². The fraction of sp³-hybridized carbons (Fsp3) is 0.909. The van der Waals surface area contributed by atoms with Gasteiger partial charge in [-0.2, -0.15) is 0 Å². The molecule has 5 nitrogen and oxygen atoms in total. The molecule has 0 aliphatic rings. The van der Waals surface area contributed by atoms with Crippen LogP contribution in [0.4, 0.5) is 0 Å². The third kappa shape index (κ3) is 19.5. The molecular weight excluding hydrogens is 344 g/mol. The van der Waals surface area contributed by atoms with Crippen molar-refractivity contribution in [2.45, 2.75) is 97.8 Å². The minimum atomic E-state index is -0.437. The molecule has 5 heteroatoms. The van der Waals surface area contributed by atoms with Crippen molar-refractivity contribution < 1.29 is 23.8 Å². The summed E-state index contributed by atoms with van der Waals surface area (Å²) in [6.45, 7) is 6.72. The average Bonchev–Trinajstić information content (AvgIpc) is 2.66. The van der Waals surface area contributed by atoms with Gasteiger partial charge in [0.25, 0.3) is 0 Å². The molecule has 0 saturated carbocycles. The van der Waals surface area contributed by atoms with Crippen molar-refractivity contribution in [2.75, 3.05) is 26.4 Å². The van der Waals surface area contributed by atoms with Crippen LogP contribution in [0.15, 0.2) is 0 Å². The van der Waals surface area contributed by atoms with Crippen molar-refractivity contribution in [3.8, 4) is 0 Å². The molecule has 0 aliphatic heterocycles. The highest BCUT2D eigenvalue weighted by Gasteiger charge is 2.08. The second-order valence-electron chi connectivity index (χ2n) is 7.45. The molecule has 0 fully saturated rings. The third-order valence-corrected chi connectivity index (χ3v) is 4.68. The van der Waals surface area contributed by atoms with Crippen LogP contribution in [-0.4, -0.2) is 38.4 Å². The van der Waals surface area contributed by atoms with Crippen molar-refractivity contribution in [1.29, 1.82) is 0 Å². The first-order chi connectivity index (χ1) is 13.1. The van der Waals surface area contributed by atoms with Gasteiger partial charge in [-0.15, -0.1) is 0 Å². The Morgan fingerprint density at radius 1 is 0.704 bits per heavy atom. The summed E-state index contributed by atoms with van der Waals surface area (Å²) in [5.74, 6) is -0.519. The van der Waals surface area contributed by atoms with Crippen molar-refractivity contribution in [1.82, 2.24) is 0 Å². The quantitative estimate of drug-likeness (QED) is 0.218. The molecule has 1 unspecified atom stereocenters. The number of esters is 2. The number of hydrogen-bond donors (Lipinski definition) is 0. The average molecular weight is 387 g/mol. The zero-order valence-electron chi connectivity index (χ0n) is 17.9. The van der Waals surface area contributed by atoms with Gasteiger partial charge in [0.1, 0.15) is 13.2 Å². The lowest BCUT2D eigenvalue weighted by Crippen LogP contribution is -2.20. The minimum Gasteiger partial charge on any atom is -0.464 e. The fourth-order valence-corrected chi connectivity index (χ4v) is 2.61. The molecule has 0 bridgehead atoms. The predicted octanol–water partition coefficient (Wildman–Crippen LogP) is 5.45. The van der Waals surface area contributed by atoms with Crippen LogP contribution in [0.25, 0.3) is 0 Å². The molecule has 0 aromatic carbocycles. The van der Waals surface area contributed by atoms with Gasteiger partial charge in [-0.05, 0) is 12.3 Å². The normalized spacial score (nSPS) is 12.0. The smallest absolute Gasteiger partial charge is 0.332 e. The first-order valence-corrected chi connectivity index (χ1v) is 11.0. The van der Waals surface area contributed by atoms with E-state index >= 15 is 0 Å². The number of hydrogen-bond acceptors (Lipinski definition) is 5. The van der Waals surface area contributed by atoms with Crippen LogP contribution in [0.2, 0.25) is 0 Å². The van der Waals surface area contributed by atoms with Crippen molar-refractivity contribution in [2.24, 2.45) is 5.92 Å². The lowest BCUT2D eigenvalue weighted by molar-refractivity contribution is -0.156. The van der Waals surface area contributed by atoms with Crippen molar-refractivity contribution >= 4 is 11.9 Å². The van der Waals surface area contributed by atoms with E-state index in [1.165, 1.54) is 57.8 Å². The van der Waals surface area contributed by atoms with Crippen LogP contribution in [0.5, 0.6) is 0 Å². The van der Waals surface area contributed by atoms with Crippen molar-refractivity contribution in [3.63, 3.8) is 0 Å². The molecule has 0 aromatic rings. The highest BCUT2D eigenvalue weighted by molar-refractivity contribution is 5.73. The van der Waals surface area contributed by atoms with E-state index in [0.29, 0.717) is 19.1 Å².